The summed E-state index contributed by atoms with van der Waals surface area (Å²) in [5.41, 5.74) is 1.14. The van der Waals surface area contributed by atoms with Crippen molar-refractivity contribution in [3.63, 3.8) is 0 Å². The van der Waals surface area contributed by atoms with Crippen LogP contribution in [0.3, 0.4) is 0 Å². The lowest BCUT2D eigenvalue weighted by molar-refractivity contribution is 0.0396. The van der Waals surface area contributed by atoms with Crippen LogP contribution < -0.4 is 15.4 Å². The molecule has 2 aliphatic rings. The van der Waals surface area contributed by atoms with Crippen LogP contribution in [0.2, 0.25) is 0 Å². The highest BCUT2D eigenvalue weighted by atomic mass is 16.5. The third-order valence-electron chi connectivity index (χ3n) is 5.32. The predicted octanol–water partition coefficient (Wildman–Crippen LogP) is 3.27. The van der Waals surface area contributed by atoms with E-state index < -0.39 is 0 Å². The number of ether oxygens (including phenoxy) is 1. The molecule has 7 nitrogen and oxygen atoms in total. The molecule has 1 saturated carbocycles. The molecule has 1 aromatic heterocycles. The molecule has 2 N–H and O–H groups in total. The number of nitrogens with one attached hydrogen (secondary N) is 2. The number of hydrogen-bond donors (Lipinski definition) is 2. The van der Waals surface area contributed by atoms with E-state index in [-0.39, 0.29) is 11.6 Å². The monoisotopic (exact) mass is 369 g/mol. The third-order valence-corrected chi connectivity index (χ3v) is 5.32. The van der Waals surface area contributed by atoms with Crippen molar-refractivity contribution in [1.82, 2.24) is 20.8 Å². The van der Waals surface area contributed by atoms with E-state index in [4.69, 9.17) is 9.26 Å². The summed E-state index contributed by atoms with van der Waals surface area (Å²) in [7, 11) is 0. The second kappa shape index (κ2) is 7.58. The molecule has 27 heavy (non-hydrogen) atoms. The maximum Gasteiger partial charge on any atom is 0.223 e. The Balaban J connectivity index is 1.56. The van der Waals surface area contributed by atoms with Crippen molar-refractivity contribution in [3.05, 3.63) is 41.5 Å². The Kier molecular flexibility index (Phi) is 5.01. The van der Waals surface area contributed by atoms with Crippen molar-refractivity contribution in [2.75, 3.05) is 6.54 Å². The van der Waals surface area contributed by atoms with Crippen LogP contribution in [0.1, 0.15) is 62.3 Å². The van der Waals surface area contributed by atoms with E-state index in [1.165, 1.54) is 18.4 Å². The molecular formula is C20H27N5O2. The van der Waals surface area contributed by atoms with Gasteiger partial charge in [-0.05, 0) is 38.7 Å². The van der Waals surface area contributed by atoms with Crippen molar-refractivity contribution in [2.24, 2.45) is 4.99 Å². The summed E-state index contributed by atoms with van der Waals surface area (Å²) < 4.78 is 11.5. The van der Waals surface area contributed by atoms with Crippen LogP contribution in [-0.4, -0.2) is 28.2 Å². The number of fused-ring (bicyclic) bond motifs is 1. The lowest BCUT2D eigenvalue weighted by atomic mass is 9.86. The summed E-state index contributed by atoms with van der Waals surface area (Å²) in [4.78, 5) is 8.87. The molecule has 0 amide bonds. The van der Waals surface area contributed by atoms with Gasteiger partial charge in [0.2, 0.25) is 5.89 Å². The maximum atomic E-state index is 6.45. The number of guanidine groups is 1. The minimum absolute atomic E-state index is 0.0475. The number of rotatable bonds is 4. The Morgan fingerprint density at radius 1 is 1.30 bits per heavy atom. The number of aliphatic imine (C=N–C) groups is 1. The molecule has 0 bridgehead atoms. The molecule has 1 unspecified atom stereocenters. The Hall–Kier alpha value is -2.57. The highest BCUT2D eigenvalue weighted by Gasteiger charge is 2.43. The lowest BCUT2D eigenvalue weighted by Crippen LogP contribution is -2.46. The van der Waals surface area contributed by atoms with Crippen LogP contribution in [0.15, 0.2) is 33.8 Å². The molecule has 0 saturated heterocycles. The Morgan fingerprint density at radius 2 is 2.11 bits per heavy atom. The number of aryl methyl sites for hydroxylation is 1. The second-order valence-corrected chi connectivity index (χ2v) is 7.36. The molecule has 2 aromatic rings. The number of benzene rings is 1. The highest BCUT2D eigenvalue weighted by molar-refractivity contribution is 5.80. The second-order valence-electron chi connectivity index (χ2n) is 7.36. The molecule has 144 valence electrons. The number of nitrogens with zero attached hydrogens (tertiary/aromatic N) is 3. The van der Waals surface area contributed by atoms with Crippen LogP contribution in [0.4, 0.5) is 0 Å². The van der Waals surface area contributed by atoms with Crippen molar-refractivity contribution in [3.8, 4) is 5.75 Å². The van der Waals surface area contributed by atoms with Gasteiger partial charge in [-0.2, -0.15) is 4.98 Å². The summed E-state index contributed by atoms with van der Waals surface area (Å²) in [5.74, 6) is 2.90. The Bertz CT molecular complexity index is 810. The van der Waals surface area contributed by atoms with Crippen LogP contribution in [0.25, 0.3) is 0 Å². The molecule has 4 rings (SSSR count). The molecule has 1 atom stereocenters. The SMILES string of the molecule is CCNC(=NCc1noc(C)n1)NC1CC2(CCCC2)Oc2ccccc21. The van der Waals surface area contributed by atoms with E-state index in [0.29, 0.717) is 18.3 Å². The predicted molar refractivity (Wildman–Crippen MR) is 103 cm³/mol. The molecule has 1 fully saturated rings. The zero-order chi connectivity index (χ0) is 18.7. The van der Waals surface area contributed by atoms with Crippen molar-refractivity contribution in [1.29, 1.82) is 0 Å². The molecule has 2 heterocycles. The van der Waals surface area contributed by atoms with Gasteiger partial charge < -0.3 is 19.9 Å². The van der Waals surface area contributed by atoms with Crippen LogP contribution in [-0.2, 0) is 6.54 Å². The fourth-order valence-electron chi connectivity index (χ4n) is 4.11. The minimum atomic E-state index is -0.0475. The third kappa shape index (κ3) is 3.91. The molecule has 7 heteroatoms. The first-order valence-corrected chi connectivity index (χ1v) is 9.79. The summed E-state index contributed by atoms with van der Waals surface area (Å²) in [5, 5.41) is 10.9. The van der Waals surface area contributed by atoms with Gasteiger partial charge in [-0.25, -0.2) is 4.99 Å². The zero-order valence-electron chi connectivity index (χ0n) is 16.0. The van der Waals surface area contributed by atoms with Gasteiger partial charge in [-0.15, -0.1) is 0 Å². The van der Waals surface area contributed by atoms with Gasteiger partial charge in [-0.3, -0.25) is 0 Å². The topological polar surface area (TPSA) is 84.6 Å². The van der Waals surface area contributed by atoms with Gasteiger partial charge in [0, 0.05) is 25.5 Å². The normalized spacial score (nSPS) is 21.0. The highest BCUT2D eigenvalue weighted by Crippen LogP contribution is 2.46. The van der Waals surface area contributed by atoms with Gasteiger partial charge in [0.15, 0.2) is 11.8 Å². The summed E-state index contributed by atoms with van der Waals surface area (Å²) in [6.45, 7) is 5.01. The first-order chi connectivity index (χ1) is 13.2. The van der Waals surface area contributed by atoms with E-state index in [1.54, 1.807) is 6.92 Å². The lowest BCUT2D eigenvalue weighted by Gasteiger charge is -2.40. The van der Waals surface area contributed by atoms with Gasteiger partial charge in [0.25, 0.3) is 0 Å². The van der Waals surface area contributed by atoms with Crippen LogP contribution in [0.5, 0.6) is 5.75 Å². The van der Waals surface area contributed by atoms with Crippen LogP contribution >= 0.6 is 0 Å². The Morgan fingerprint density at radius 3 is 2.85 bits per heavy atom. The number of hydrogen-bond acceptors (Lipinski definition) is 5. The minimum Gasteiger partial charge on any atom is -0.487 e. The molecule has 0 radical (unpaired) electrons. The largest absolute Gasteiger partial charge is 0.487 e. The molecule has 1 aromatic carbocycles. The van der Waals surface area contributed by atoms with Crippen LogP contribution in [0, 0.1) is 6.92 Å². The maximum absolute atomic E-state index is 6.45. The first kappa shape index (κ1) is 17.8. The molecule has 1 spiro atoms. The van der Waals surface area contributed by atoms with E-state index in [1.807, 2.05) is 6.07 Å². The fraction of sp³-hybridized carbons (Fsp3) is 0.550. The van der Waals surface area contributed by atoms with E-state index >= 15 is 0 Å². The first-order valence-electron chi connectivity index (χ1n) is 9.79. The number of aromatic nitrogens is 2. The standard InChI is InChI=1S/C20H27N5O2/c1-3-21-19(22-13-18-23-14(2)27-25-18)24-16-12-20(10-6-7-11-20)26-17-9-5-4-8-15(16)17/h4-5,8-9,16H,3,6-7,10-13H2,1-2H3,(H2,21,22,24). The van der Waals surface area contributed by atoms with Gasteiger partial charge in [0.1, 0.15) is 17.9 Å². The van der Waals surface area contributed by atoms with E-state index in [2.05, 4.69) is 50.9 Å². The average Bonchev–Trinajstić information content (AvgIpc) is 3.29. The quantitative estimate of drug-likeness (QED) is 0.636. The van der Waals surface area contributed by atoms with Gasteiger partial charge in [-0.1, -0.05) is 23.4 Å². The molecular weight excluding hydrogens is 342 g/mol. The summed E-state index contributed by atoms with van der Waals surface area (Å²) in [6, 6.07) is 8.49. The van der Waals surface area contributed by atoms with Crippen molar-refractivity contribution < 1.29 is 9.26 Å². The van der Waals surface area contributed by atoms with E-state index in [0.717, 1.165) is 37.5 Å². The molecule has 1 aliphatic carbocycles. The Labute approximate surface area is 159 Å². The average molecular weight is 369 g/mol. The summed E-state index contributed by atoms with van der Waals surface area (Å²) in [6.07, 6.45) is 5.67. The summed E-state index contributed by atoms with van der Waals surface area (Å²) >= 11 is 0. The number of para-hydroxylation sites is 1. The zero-order valence-corrected chi connectivity index (χ0v) is 16.0. The van der Waals surface area contributed by atoms with Crippen molar-refractivity contribution in [2.45, 2.75) is 64.1 Å². The smallest absolute Gasteiger partial charge is 0.223 e. The van der Waals surface area contributed by atoms with Crippen molar-refractivity contribution >= 4 is 5.96 Å². The molecule has 1 aliphatic heterocycles. The van der Waals surface area contributed by atoms with Gasteiger partial charge in [0.05, 0.1) is 6.04 Å². The van der Waals surface area contributed by atoms with E-state index in [9.17, 15) is 0 Å². The fourth-order valence-corrected chi connectivity index (χ4v) is 4.11. The van der Waals surface area contributed by atoms with Gasteiger partial charge >= 0.3 is 0 Å².